The van der Waals surface area contributed by atoms with Gasteiger partial charge in [0.2, 0.25) is 0 Å². The number of nitrogens with zero attached hydrogens (tertiary/aromatic N) is 1. The molecule has 1 N–H and O–H groups in total. The minimum Gasteiger partial charge on any atom is -0.507 e. The number of hydrogen-bond donors (Lipinski definition) is 1. The Balaban J connectivity index is 2.60. The fourth-order valence-corrected chi connectivity index (χ4v) is 5.41. The third kappa shape index (κ3) is 6.91. The summed E-state index contributed by atoms with van der Waals surface area (Å²) in [7, 11) is 0.549. The molecule has 0 saturated carbocycles. The first-order valence-electron chi connectivity index (χ1n) is 11.5. The topological polar surface area (TPSA) is 32.6 Å². The predicted octanol–water partition coefficient (Wildman–Crippen LogP) is 7.62. The highest BCUT2D eigenvalue weighted by Crippen LogP contribution is 2.50. The van der Waals surface area contributed by atoms with E-state index in [1.807, 2.05) is 13.1 Å². The molecule has 2 atom stereocenters. The van der Waals surface area contributed by atoms with Crippen molar-refractivity contribution in [2.75, 3.05) is 0 Å². The van der Waals surface area contributed by atoms with Gasteiger partial charge in [-0.1, -0.05) is 92.4 Å². The third-order valence-electron chi connectivity index (χ3n) is 5.75. The van der Waals surface area contributed by atoms with Crippen LogP contribution in [-0.2, 0) is 10.6 Å². The van der Waals surface area contributed by atoms with E-state index < -0.39 is 0 Å². The lowest BCUT2D eigenvalue weighted by atomic mass is 9.82. The lowest BCUT2D eigenvalue weighted by molar-refractivity contribution is 0.445. The van der Waals surface area contributed by atoms with Crippen LogP contribution in [0.3, 0.4) is 0 Å². The highest BCUT2D eigenvalue weighted by molar-refractivity contribution is 7.48. The van der Waals surface area contributed by atoms with E-state index in [9.17, 15) is 5.11 Å². The Morgan fingerprint density at radius 3 is 2.23 bits per heavy atom. The summed E-state index contributed by atoms with van der Waals surface area (Å²) >= 11 is 0. The highest BCUT2D eigenvalue weighted by atomic mass is 31.1. The van der Waals surface area contributed by atoms with Crippen LogP contribution >= 0.6 is 8.58 Å². The van der Waals surface area contributed by atoms with Crippen molar-refractivity contribution in [3.05, 3.63) is 58.7 Å². The van der Waals surface area contributed by atoms with Gasteiger partial charge in [0.25, 0.3) is 0 Å². The van der Waals surface area contributed by atoms with Crippen molar-refractivity contribution in [1.29, 1.82) is 0 Å². The molecule has 0 bridgehead atoms. The number of aryl methyl sites for hydroxylation is 1. The second-order valence-corrected chi connectivity index (χ2v) is 12.9. The molecule has 2 rings (SSSR count). The molecule has 2 aromatic rings. The summed E-state index contributed by atoms with van der Waals surface area (Å²) in [4.78, 5) is 4.76. The monoisotopic (exact) mass is 439 g/mol. The average Bonchev–Trinajstić information content (AvgIpc) is 2.66. The van der Waals surface area contributed by atoms with Crippen LogP contribution in [0.25, 0.3) is 0 Å². The van der Waals surface area contributed by atoms with Crippen LogP contribution in [0.4, 0.5) is 0 Å². The maximum atomic E-state index is 11.2. The lowest BCUT2D eigenvalue weighted by Gasteiger charge is -2.34. The molecule has 0 aliphatic carbocycles. The van der Waals surface area contributed by atoms with Gasteiger partial charge in [0, 0.05) is 16.9 Å². The quantitative estimate of drug-likeness (QED) is 0.349. The average molecular weight is 440 g/mol. The van der Waals surface area contributed by atoms with E-state index in [-0.39, 0.29) is 16.1 Å². The van der Waals surface area contributed by atoms with Crippen LogP contribution in [0.1, 0.15) is 96.9 Å². The molecule has 0 heterocycles. The molecule has 0 fully saturated rings. The molecule has 0 aliphatic heterocycles. The van der Waals surface area contributed by atoms with Crippen molar-refractivity contribution in [1.82, 2.24) is 0 Å². The van der Waals surface area contributed by atoms with Crippen molar-refractivity contribution in [3.63, 3.8) is 0 Å². The van der Waals surface area contributed by atoms with Gasteiger partial charge >= 0.3 is 0 Å². The zero-order chi connectivity index (χ0) is 23.4. The van der Waals surface area contributed by atoms with Gasteiger partial charge in [-0.05, 0) is 61.5 Å². The van der Waals surface area contributed by atoms with E-state index in [4.69, 9.17) is 4.99 Å². The van der Waals surface area contributed by atoms with E-state index in [2.05, 4.69) is 91.8 Å². The zero-order valence-corrected chi connectivity index (χ0v) is 22.1. The second kappa shape index (κ2) is 9.86. The minimum absolute atomic E-state index is 0.0409. The molecule has 0 radical (unpaired) electrons. The normalized spacial score (nSPS) is 15.1. The van der Waals surface area contributed by atoms with Gasteiger partial charge in [-0.25, -0.2) is 0 Å². The molecule has 31 heavy (non-hydrogen) atoms. The summed E-state index contributed by atoms with van der Waals surface area (Å²) in [6, 6.07) is 13.0. The van der Waals surface area contributed by atoms with Gasteiger partial charge in [0.1, 0.15) is 5.75 Å². The molecule has 2 aromatic carbocycles. The van der Waals surface area contributed by atoms with E-state index in [1.54, 1.807) is 0 Å². The van der Waals surface area contributed by atoms with Gasteiger partial charge in [-0.2, -0.15) is 0 Å². The van der Waals surface area contributed by atoms with Gasteiger partial charge < -0.3 is 5.11 Å². The Hall–Kier alpha value is -1.66. The van der Waals surface area contributed by atoms with Crippen molar-refractivity contribution in [3.8, 4) is 5.75 Å². The minimum atomic E-state index is -0.127. The third-order valence-corrected chi connectivity index (χ3v) is 7.55. The molecule has 0 saturated heterocycles. The smallest absolute Gasteiger partial charge is 0.122 e. The molecule has 0 aliphatic rings. The maximum absolute atomic E-state index is 11.2. The predicted molar refractivity (Wildman–Crippen MR) is 140 cm³/mol. The second-order valence-electron chi connectivity index (χ2n) is 11.0. The number of rotatable bonds is 7. The van der Waals surface area contributed by atoms with Crippen LogP contribution in [0, 0.1) is 6.92 Å². The standard InChI is InChI=1S/C28H42NOP/c1-10-11-16-28(9,23-18-22(26(3,4)5)17-20(2)25(23)30)31-24-15-13-12-14-21(24)19-29-27(6,7)8/h12-15,17-19,30-31H,10-11,16H2,1-9H3. The van der Waals surface area contributed by atoms with Crippen molar-refractivity contribution in [2.45, 2.75) is 97.7 Å². The molecule has 3 heteroatoms. The van der Waals surface area contributed by atoms with Crippen LogP contribution < -0.4 is 5.30 Å². The first-order chi connectivity index (χ1) is 14.3. The number of aromatic hydroxyl groups is 1. The molecule has 170 valence electrons. The fraction of sp³-hybridized carbons (Fsp3) is 0.536. The van der Waals surface area contributed by atoms with Crippen molar-refractivity contribution in [2.24, 2.45) is 4.99 Å². The Morgan fingerprint density at radius 1 is 1.00 bits per heavy atom. The van der Waals surface area contributed by atoms with Crippen molar-refractivity contribution < 1.29 is 5.11 Å². The van der Waals surface area contributed by atoms with Gasteiger partial charge in [0.05, 0.1) is 5.54 Å². The number of unbranched alkanes of at least 4 members (excludes halogenated alkanes) is 1. The molecule has 2 nitrogen and oxygen atoms in total. The summed E-state index contributed by atoms with van der Waals surface area (Å²) in [6.45, 7) is 19.7. The fourth-order valence-electron chi connectivity index (χ4n) is 3.71. The van der Waals surface area contributed by atoms with E-state index in [1.165, 1.54) is 16.4 Å². The van der Waals surface area contributed by atoms with Crippen LogP contribution in [-0.4, -0.2) is 16.9 Å². The number of benzene rings is 2. The number of hydrogen-bond acceptors (Lipinski definition) is 2. The molecular weight excluding hydrogens is 397 g/mol. The summed E-state index contributed by atoms with van der Waals surface area (Å²) < 4.78 is 0. The van der Waals surface area contributed by atoms with E-state index in [0.29, 0.717) is 14.3 Å². The molecule has 0 amide bonds. The summed E-state index contributed by atoms with van der Waals surface area (Å²) in [6.07, 6.45) is 5.36. The van der Waals surface area contributed by atoms with Gasteiger partial charge in [0.15, 0.2) is 0 Å². The molecule has 0 spiro atoms. The first-order valence-corrected chi connectivity index (χ1v) is 12.5. The van der Waals surface area contributed by atoms with Crippen LogP contribution in [0.2, 0.25) is 0 Å². The largest absolute Gasteiger partial charge is 0.507 e. The highest BCUT2D eigenvalue weighted by Gasteiger charge is 2.32. The number of phenols is 1. The van der Waals surface area contributed by atoms with Gasteiger partial charge in [-0.15, -0.1) is 0 Å². The maximum Gasteiger partial charge on any atom is 0.122 e. The van der Waals surface area contributed by atoms with Crippen molar-refractivity contribution >= 4 is 20.1 Å². The Bertz CT molecular complexity index is 918. The molecule has 2 unspecified atom stereocenters. The summed E-state index contributed by atoms with van der Waals surface area (Å²) in [5.41, 5.74) is 4.47. The lowest BCUT2D eigenvalue weighted by Crippen LogP contribution is -2.23. The van der Waals surface area contributed by atoms with E-state index in [0.717, 1.165) is 30.4 Å². The summed E-state index contributed by atoms with van der Waals surface area (Å²) in [5, 5.41) is 12.3. The Labute approximate surface area is 192 Å². The van der Waals surface area contributed by atoms with E-state index >= 15 is 0 Å². The number of aliphatic imine (C=N–C) groups is 1. The van der Waals surface area contributed by atoms with Crippen LogP contribution in [0.15, 0.2) is 41.4 Å². The van der Waals surface area contributed by atoms with Crippen LogP contribution in [0.5, 0.6) is 5.75 Å². The Kier molecular flexibility index (Phi) is 8.15. The number of phenolic OH excluding ortho intramolecular Hbond substituents is 1. The zero-order valence-electron chi connectivity index (χ0n) is 21.1. The summed E-state index contributed by atoms with van der Waals surface area (Å²) in [5.74, 6) is 0.458. The molecular formula is C28H42NOP. The molecule has 0 aromatic heterocycles. The van der Waals surface area contributed by atoms with Gasteiger partial charge in [-0.3, -0.25) is 4.99 Å². The SMILES string of the molecule is CCCCC(C)(Pc1ccccc1C=NC(C)(C)C)c1cc(C(C)(C)C)cc(C)c1O. The first kappa shape index (κ1) is 25.6. The Morgan fingerprint density at radius 2 is 1.65 bits per heavy atom.